The van der Waals surface area contributed by atoms with Gasteiger partial charge >= 0.3 is 6.03 Å². The molecule has 0 aromatic heterocycles. The molecule has 0 atom stereocenters. The summed E-state index contributed by atoms with van der Waals surface area (Å²) in [6, 6.07) is 11.2. The molecule has 2 fully saturated rings. The van der Waals surface area contributed by atoms with Crippen molar-refractivity contribution in [2.45, 2.75) is 56.1 Å². The van der Waals surface area contributed by atoms with Gasteiger partial charge < -0.3 is 9.64 Å². The number of piperidine rings is 2. The normalized spacial score (nSPS) is 19.4. The van der Waals surface area contributed by atoms with Gasteiger partial charge in [-0.15, -0.1) is 0 Å². The largest absolute Gasteiger partial charge is 0.490 e. The van der Waals surface area contributed by atoms with Crippen molar-refractivity contribution in [2.24, 2.45) is 0 Å². The number of rotatable bonds is 5. The smallest absolute Gasteiger partial charge is 0.331 e. The monoisotopic (exact) mass is 539 g/mol. The molecule has 190 valence electrons. The van der Waals surface area contributed by atoms with Gasteiger partial charge in [-0.2, -0.15) is 0 Å². The lowest BCUT2D eigenvalue weighted by Gasteiger charge is -2.49. The Morgan fingerprint density at radius 2 is 1.63 bits per heavy atom. The maximum Gasteiger partial charge on any atom is 0.331 e. The average Bonchev–Trinajstić information content (AvgIpc) is 2.82. The van der Waals surface area contributed by atoms with Crippen LogP contribution in [0.4, 0.5) is 4.79 Å². The molecule has 0 saturated carbocycles. The zero-order valence-corrected chi connectivity index (χ0v) is 22.3. The predicted molar refractivity (Wildman–Crippen MR) is 138 cm³/mol. The van der Waals surface area contributed by atoms with Gasteiger partial charge in [0.25, 0.3) is 10.0 Å². The van der Waals surface area contributed by atoms with E-state index in [2.05, 4.69) is 16.5 Å². The van der Waals surface area contributed by atoms with E-state index in [1.54, 1.807) is 29.2 Å². The first-order valence-corrected chi connectivity index (χ1v) is 14.0. The molecule has 0 radical (unpaired) electrons. The number of ether oxygens (including phenoxy) is 1. The third kappa shape index (κ3) is 6.23. The van der Waals surface area contributed by atoms with E-state index in [4.69, 9.17) is 27.9 Å². The van der Waals surface area contributed by atoms with Gasteiger partial charge in [-0.25, -0.2) is 17.9 Å². The second-order valence-electron chi connectivity index (χ2n) is 9.59. The molecule has 0 bridgehead atoms. The highest BCUT2D eigenvalue weighted by molar-refractivity contribution is 7.90. The summed E-state index contributed by atoms with van der Waals surface area (Å²) < 4.78 is 33.5. The fraction of sp³-hybridized carbons (Fsp3) is 0.480. The fourth-order valence-electron chi connectivity index (χ4n) is 4.72. The predicted octanol–water partition coefficient (Wildman–Crippen LogP) is 5.10. The molecule has 0 spiro atoms. The first-order valence-electron chi connectivity index (χ1n) is 11.8. The molecule has 4 rings (SSSR count). The van der Waals surface area contributed by atoms with Gasteiger partial charge in [0.15, 0.2) is 0 Å². The third-order valence-corrected chi connectivity index (χ3v) is 9.16. The molecule has 10 heteroatoms. The molecule has 7 nitrogen and oxygen atoms in total. The Morgan fingerprint density at radius 3 is 2.23 bits per heavy atom. The van der Waals surface area contributed by atoms with E-state index in [1.807, 2.05) is 13.0 Å². The van der Waals surface area contributed by atoms with Crippen LogP contribution in [0.2, 0.25) is 10.0 Å². The number of amides is 2. The summed E-state index contributed by atoms with van der Waals surface area (Å²) in [6.45, 7) is 6.92. The second-order valence-corrected chi connectivity index (χ2v) is 12.1. The highest BCUT2D eigenvalue weighted by Crippen LogP contribution is 2.33. The first kappa shape index (κ1) is 26.1. The summed E-state index contributed by atoms with van der Waals surface area (Å²) in [4.78, 5) is 16.8. The van der Waals surface area contributed by atoms with Crippen molar-refractivity contribution in [3.8, 4) is 5.75 Å². The van der Waals surface area contributed by atoms with Crippen LogP contribution in [0.25, 0.3) is 0 Å². The fourth-order valence-corrected chi connectivity index (χ4v) is 5.98. The lowest BCUT2D eigenvalue weighted by molar-refractivity contribution is 0.00232. The van der Waals surface area contributed by atoms with Crippen LogP contribution in [0.3, 0.4) is 0 Å². The Morgan fingerprint density at radius 1 is 1.00 bits per heavy atom. The van der Waals surface area contributed by atoms with Gasteiger partial charge in [-0.05, 0) is 63.8 Å². The molecule has 1 N–H and O–H groups in total. The van der Waals surface area contributed by atoms with Crippen molar-refractivity contribution in [2.75, 3.05) is 26.2 Å². The Kier molecular flexibility index (Phi) is 7.86. The number of benzene rings is 2. The molecule has 2 aliphatic rings. The van der Waals surface area contributed by atoms with E-state index >= 15 is 0 Å². The van der Waals surface area contributed by atoms with Gasteiger partial charge in [0, 0.05) is 37.8 Å². The molecule has 2 heterocycles. The Bertz CT molecular complexity index is 1160. The molecule has 0 aliphatic carbocycles. The second kappa shape index (κ2) is 10.5. The van der Waals surface area contributed by atoms with E-state index in [-0.39, 0.29) is 16.5 Å². The standard InChI is InChI=1S/C25H31Cl2N3O4S/c1-18-3-6-21(7-4-18)35(32,33)28-24(31)29-15-11-25(2,12-16-29)30-13-9-19(10-14-30)34-20-5-8-22(26)23(27)17-20/h3-8,17,19H,9-16H2,1-2H3,(H,28,31). The van der Waals surface area contributed by atoms with Crippen molar-refractivity contribution in [3.63, 3.8) is 0 Å². The number of likely N-dealkylation sites (tertiary alicyclic amines) is 2. The minimum absolute atomic E-state index is 0.0405. The quantitative estimate of drug-likeness (QED) is 0.571. The number of carbonyl (C=O) groups excluding carboxylic acids is 1. The van der Waals surface area contributed by atoms with Crippen LogP contribution in [0, 0.1) is 6.92 Å². The number of nitrogens with zero attached hydrogens (tertiary/aromatic N) is 2. The summed E-state index contributed by atoms with van der Waals surface area (Å²) in [5, 5.41) is 0.992. The van der Waals surface area contributed by atoms with Crippen LogP contribution in [0.15, 0.2) is 47.4 Å². The van der Waals surface area contributed by atoms with E-state index in [1.165, 1.54) is 12.1 Å². The Hall–Kier alpha value is -2.00. The average molecular weight is 541 g/mol. The summed E-state index contributed by atoms with van der Waals surface area (Å²) in [5.74, 6) is 0.726. The van der Waals surface area contributed by atoms with Crippen molar-refractivity contribution >= 4 is 39.3 Å². The van der Waals surface area contributed by atoms with Gasteiger partial charge in [0.2, 0.25) is 0 Å². The number of halogens is 2. The SMILES string of the molecule is Cc1ccc(S(=O)(=O)NC(=O)N2CCC(C)(N3CCC(Oc4ccc(Cl)c(Cl)c4)CC3)CC2)cc1. The topological polar surface area (TPSA) is 79.0 Å². The molecular formula is C25H31Cl2N3O4S. The zero-order valence-electron chi connectivity index (χ0n) is 20.0. The Balaban J connectivity index is 1.27. The molecular weight excluding hydrogens is 509 g/mol. The zero-order chi connectivity index (χ0) is 25.2. The van der Waals surface area contributed by atoms with Crippen molar-refractivity contribution in [3.05, 3.63) is 58.1 Å². The number of hydrogen-bond donors (Lipinski definition) is 1. The minimum atomic E-state index is -3.89. The minimum Gasteiger partial charge on any atom is -0.490 e. The lowest BCUT2D eigenvalue weighted by Crippen LogP contribution is -2.58. The van der Waals surface area contributed by atoms with Crippen LogP contribution in [0.5, 0.6) is 5.75 Å². The molecule has 2 saturated heterocycles. The van der Waals surface area contributed by atoms with Gasteiger partial charge in [0.05, 0.1) is 14.9 Å². The highest BCUT2D eigenvalue weighted by Gasteiger charge is 2.39. The summed E-state index contributed by atoms with van der Waals surface area (Å²) >= 11 is 12.1. The highest BCUT2D eigenvalue weighted by atomic mass is 35.5. The third-order valence-electron chi connectivity index (χ3n) is 7.08. The van der Waals surface area contributed by atoms with Crippen LogP contribution in [0.1, 0.15) is 38.2 Å². The Labute approximate surface area is 217 Å². The summed E-state index contributed by atoms with van der Waals surface area (Å²) in [5.41, 5.74) is 0.914. The van der Waals surface area contributed by atoms with Gasteiger partial charge in [-0.1, -0.05) is 40.9 Å². The van der Waals surface area contributed by atoms with Gasteiger partial charge in [0.1, 0.15) is 11.9 Å². The maximum atomic E-state index is 12.7. The first-order chi connectivity index (χ1) is 16.6. The number of hydrogen-bond acceptors (Lipinski definition) is 5. The maximum absolute atomic E-state index is 12.7. The lowest BCUT2D eigenvalue weighted by atomic mass is 9.86. The van der Waals surface area contributed by atoms with Crippen LogP contribution < -0.4 is 9.46 Å². The number of urea groups is 1. The summed E-state index contributed by atoms with van der Waals surface area (Å²) in [6.07, 6.45) is 3.47. The number of nitrogens with one attached hydrogen (secondary N) is 1. The number of sulfonamides is 1. The van der Waals surface area contributed by atoms with E-state index < -0.39 is 16.1 Å². The van der Waals surface area contributed by atoms with E-state index in [0.29, 0.717) is 23.1 Å². The van der Waals surface area contributed by atoms with E-state index in [0.717, 1.165) is 50.1 Å². The molecule has 35 heavy (non-hydrogen) atoms. The van der Waals surface area contributed by atoms with Gasteiger partial charge in [-0.3, -0.25) is 4.90 Å². The van der Waals surface area contributed by atoms with Crippen molar-refractivity contribution < 1.29 is 17.9 Å². The van der Waals surface area contributed by atoms with Crippen molar-refractivity contribution in [1.82, 2.24) is 14.5 Å². The molecule has 0 unspecified atom stereocenters. The molecule has 2 aromatic carbocycles. The van der Waals surface area contributed by atoms with Crippen LogP contribution in [-0.2, 0) is 10.0 Å². The molecule has 2 amide bonds. The number of aryl methyl sites for hydroxylation is 1. The molecule has 2 aromatic rings. The molecule has 2 aliphatic heterocycles. The van der Waals surface area contributed by atoms with Crippen LogP contribution >= 0.6 is 23.2 Å². The van der Waals surface area contributed by atoms with Crippen LogP contribution in [-0.4, -0.2) is 62.1 Å². The summed E-state index contributed by atoms with van der Waals surface area (Å²) in [7, 11) is -3.89. The van der Waals surface area contributed by atoms with E-state index in [9.17, 15) is 13.2 Å². The van der Waals surface area contributed by atoms with Crippen molar-refractivity contribution in [1.29, 1.82) is 0 Å². The number of carbonyl (C=O) groups is 1.